The second-order valence-electron chi connectivity index (χ2n) is 5.50. The first kappa shape index (κ1) is 16.6. The monoisotopic (exact) mass is 360 g/mol. The number of benzene rings is 2. The zero-order valence-electron chi connectivity index (χ0n) is 12.7. The van der Waals surface area contributed by atoms with E-state index in [4.69, 9.17) is 33.2 Å². The average Bonchev–Trinajstić information content (AvgIpc) is 2.91. The molecule has 1 heterocycles. The number of nitrogens with zero attached hydrogens (tertiary/aromatic N) is 2. The van der Waals surface area contributed by atoms with Gasteiger partial charge in [0.2, 0.25) is 5.91 Å². The van der Waals surface area contributed by atoms with Crippen LogP contribution in [-0.2, 0) is 4.79 Å². The Morgan fingerprint density at radius 2 is 1.96 bits per heavy atom. The van der Waals surface area contributed by atoms with Crippen molar-refractivity contribution in [3.8, 4) is 17.6 Å². The van der Waals surface area contributed by atoms with Crippen LogP contribution in [0.4, 0.5) is 5.69 Å². The van der Waals surface area contributed by atoms with E-state index in [0.29, 0.717) is 29.5 Å². The first-order chi connectivity index (χ1) is 11.6. The second-order valence-corrected chi connectivity index (χ2v) is 6.28. The largest absolute Gasteiger partial charge is 0.457 e. The SMILES string of the molecule is N#Cc1ccc(Oc2cccc(N3CC(CCl)C(Cl)C3=O)c2)cc1. The zero-order valence-corrected chi connectivity index (χ0v) is 14.2. The maximum atomic E-state index is 12.3. The normalized spacial score (nSPS) is 20.0. The van der Waals surface area contributed by atoms with Crippen LogP contribution in [0.2, 0.25) is 0 Å². The molecule has 1 amide bonds. The Labute approximate surface area is 150 Å². The Balaban J connectivity index is 1.79. The van der Waals surface area contributed by atoms with Gasteiger partial charge in [0, 0.05) is 30.1 Å². The molecule has 122 valence electrons. The summed E-state index contributed by atoms with van der Waals surface area (Å²) in [5.41, 5.74) is 1.29. The molecule has 0 spiro atoms. The summed E-state index contributed by atoms with van der Waals surface area (Å²) in [4.78, 5) is 13.9. The van der Waals surface area contributed by atoms with Gasteiger partial charge in [-0.05, 0) is 36.4 Å². The molecule has 1 aliphatic rings. The number of anilines is 1. The highest BCUT2D eigenvalue weighted by Crippen LogP contribution is 2.32. The van der Waals surface area contributed by atoms with Crippen molar-refractivity contribution in [2.75, 3.05) is 17.3 Å². The van der Waals surface area contributed by atoms with Crippen molar-refractivity contribution in [1.82, 2.24) is 0 Å². The lowest BCUT2D eigenvalue weighted by Crippen LogP contribution is -2.27. The molecular formula is C18H14Cl2N2O2. The fourth-order valence-corrected chi connectivity index (χ4v) is 3.23. The van der Waals surface area contributed by atoms with Crippen molar-refractivity contribution >= 4 is 34.8 Å². The van der Waals surface area contributed by atoms with Gasteiger partial charge in [0.15, 0.2) is 0 Å². The van der Waals surface area contributed by atoms with Gasteiger partial charge < -0.3 is 9.64 Å². The van der Waals surface area contributed by atoms with E-state index in [9.17, 15) is 4.79 Å². The Kier molecular flexibility index (Phi) is 4.94. The highest BCUT2D eigenvalue weighted by Gasteiger charge is 2.39. The van der Waals surface area contributed by atoms with Gasteiger partial charge in [-0.1, -0.05) is 6.07 Å². The number of amides is 1. The minimum atomic E-state index is -0.592. The molecule has 1 fully saturated rings. The number of hydrogen-bond donors (Lipinski definition) is 0. The van der Waals surface area contributed by atoms with Gasteiger partial charge in [0.25, 0.3) is 0 Å². The highest BCUT2D eigenvalue weighted by molar-refractivity contribution is 6.34. The van der Waals surface area contributed by atoms with E-state index in [0.717, 1.165) is 5.69 Å². The van der Waals surface area contributed by atoms with Gasteiger partial charge in [0.1, 0.15) is 16.9 Å². The minimum absolute atomic E-state index is 0.0658. The molecule has 0 N–H and O–H groups in total. The number of carbonyl (C=O) groups excluding carboxylic acids is 1. The first-order valence-corrected chi connectivity index (χ1v) is 8.39. The zero-order chi connectivity index (χ0) is 17.1. The van der Waals surface area contributed by atoms with Crippen LogP contribution in [0.15, 0.2) is 48.5 Å². The number of rotatable bonds is 4. The van der Waals surface area contributed by atoms with Gasteiger partial charge >= 0.3 is 0 Å². The standard InChI is InChI=1S/C18H14Cl2N2O2/c19-9-13-11-22(18(23)17(13)20)14-2-1-3-16(8-14)24-15-6-4-12(10-21)5-7-15/h1-8,13,17H,9,11H2. The Morgan fingerprint density at radius 3 is 2.58 bits per heavy atom. The number of nitriles is 1. The van der Waals surface area contributed by atoms with Crippen LogP contribution in [-0.4, -0.2) is 23.7 Å². The maximum absolute atomic E-state index is 12.3. The molecular weight excluding hydrogens is 347 g/mol. The lowest BCUT2D eigenvalue weighted by atomic mass is 10.1. The van der Waals surface area contributed by atoms with Crippen molar-refractivity contribution in [3.05, 3.63) is 54.1 Å². The van der Waals surface area contributed by atoms with Crippen molar-refractivity contribution in [3.63, 3.8) is 0 Å². The predicted molar refractivity (Wildman–Crippen MR) is 93.9 cm³/mol. The summed E-state index contributed by atoms with van der Waals surface area (Å²) in [6.45, 7) is 0.497. The van der Waals surface area contributed by atoms with Crippen LogP contribution in [0.25, 0.3) is 0 Å². The van der Waals surface area contributed by atoms with E-state index in [1.807, 2.05) is 12.1 Å². The van der Waals surface area contributed by atoms with Crippen molar-refractivity contribution in [2.45, 2.75) is 5.38 Å². The number of halogens is 2. The Bertz CT molecular complexity index is 786. The molecule has 0 aliphatic carbocycles. The first-order valence-electron chi connectivity index (χ1n) is 7.42. The minimum Gasteiger partial charge on any atom is -0.457 e. The highest BCUT2D eigenvalue weighted by atomic mass is 35.5. The van der Waals surface area contributed by atoms with E-state index in [1.165, 1.54) is 0 Å². The van der Waals surface area contributed by atoms with E-state index in [-0.39, 0.29) is 11.8 Å². The van der Waals surface area contributed by atoms with Crippen LogP contribution in [0.3, 0.4) is 0 Å². The van der Waals surface area contributed by atoms with Crippen molar-refractivity contribution in [2.24, 2.45) is 5.92 Å². The molecule has 0 bridgehead atoms. The van der Waals surface area contributed by atoms with Crippen LogP contribution < -0.4 is 9.64 Å². The van der Waals surface area contributed by atoms with Gasteiger partial charge in [-0.15, -0.1) is 23.2 Å². The third-order valence-electron chi connectivity index (χ3n) is 3.88. The molecule has 3 rings (SSSR count). The molecule has 4 nitrogen and oxygen atoms in total. The lowest BCUT2D eigenvalue weighted by molar-refractivity contribution is -0.117. The maximum Gasteiger partial charge on any atom is 0.245 e. The van der Waals surface area contributed by atoms with Gasteiger partial charge in [0.05, 0.1) is 11.6 Å². The third-order valence-corrected chi connectivity index (χ3v) is 4.82. The van der Waals surface area contributed by atoms with E-state index >= 15 is 0 Å². The summed E-state index contributed by atoms with van der Waals surface area (Å²) in [6.07, 6.45) is 0. The lowest BCUT2D eigenvalue weighted by Gasteiger charge is -2.17. The van der Waals surface area contributed by atoms with Gasteiger partial charge in [-0.3, -0.25) is 4.79 Å². The van der Waals surface area contributed by atoms with E-state index in [2.05, 4.69) is 6.07 Å². The van der Waals surface area contributed by atoms with E-state index < -0.39 is 5.38 Å². The summed E-state index contributed by atoms with van der Waals surface area (Å²) in [5, 5.41) is 8.22. The third kappa shape index (κ3) is 3.33. The smallest absolute Gasteiger partial charge is 0.245 e. The summed E-state index contributed by atoms with van der Waals surface area (Å²) in [6, 6.07) is 16.1. The molecule has 0 radical (unpaired) electrons. The second kappa shape index (κ2) is 7.12. The van der Waals surface area contributed by atoms with Crippen LogP contribution >= 0.6 is 23.2 Å². The van der Waals surface area contributed by atoms with Crippen molar-refractivity contribution < 1.29 is 9.53 Å². The molecule has 0 aromatic heterocycles. The van der Waals surface area contributed by atoms with Crippen molar-refractivity contribution in [1.29, 1.82) is 5.26 Å². The summed E-state index contributed by atoms with van der Waals surface area (Å²) < 4.78 is 5.79. The van der Waals surface area contributed by atoms with Crippen LogP contribution in [0, 0.1) is 17.2 Å². The predicted octanol–water partition coefficient (Wildman–Crippen LogP) is 4.16. The van der Waals surface area contributed by atoms with Gasteiger partial charge in [-0.25, -0.2) is 0 Å². The average molecular weight is 361 g/mol. The topological polar surface area (TPSA) is 53.3 Å². The molecule has 2 aromatic carbocycles. The number of alkyl halides is 2. The number of ether oxygens (including phenoxy) is 1. The van der Waals surface area contributed by atoms with Gasteiger partial charge in [-0.2, -0.15) is 5.26 Å². The molecule has 2 aromatic rings. The van der Waals surface area contributed by atoms with Crippen LogP contribution in [0.5, 0.6) is 11.5 Å². The van der Waals surface area contributed by atoms with E-state index in [1.54, 1.807) is 41.3 Å². The molecule has 1 aliphatic heterocycles. The molecule has 6 heteroatoms. The molecule has 2 atom stereocenters. The van der Waals surface area contributed by atoms with Crippen LogP contribution in [0.1, 0.15) is 5.56 Å². The Morgan fingerprint density at radius 1 is 1.21 bits per heavy atom. The fourth-order valence-electron chi connectivity index (χ4n) is 2.58. The summed E-state index contributed by atoms with van der Waals surface area (Å²) in [7, 11) is 0. The molecule has 0 saturated carbocycles. The summed E-state index contributed by atoms with van der Waals surface area (Å²) in [5.74, 6) is 1.36. The Hall–Kier alpha value is -2.22. The quantitative estimate of drug-likeness (QED) is 0.769. The molecule has 2 unspecified atom stereocenters. The number of hydrogen-bond acceptors (Lipinski definition) is 3. The molecule has 1 saturated heterocycles. The fraction of sp³-hybridized carbons (Fsp3) is 0.222. The molecule has 24 heavy (non-hydrogen) atoms. The number of carbonyl (C=O) groups is 1. The summed E-state index contributed by atoms with van der Waals surface area (Å²) >= 11 is 12.0.